The van der Waals surface area contributed by atoms with Crippen LogP contribution < -0.4 is 0 Å². The molecule has 0 aliphatic heterocycles. The molecule has 0 spiro atoms. The summed E-state index contributed by atoms with van der Waals surface area (Å²) >= 11 is 0. The van der Waals surface area contributed by atoms with Crippen LogP contribution in [0.5, 0.6) is 0 Å². The maximum atomic E-state index is 10.8. The van der Waals surface area contributed by atoms with E-state index >= 15 is 0 Å². The van der Waals surface area contributed by atoms with Gasteiger partial charge in [0.25, 0.3) is 0 Å². The van der Waals surface area contributed by atoms with Crippen LogP contribution in [-0.4, -0.2) is 23.7 Å². The van der Waals surface area contributed by atoms with Crippen molar-refractivity contribution in [2.45, 2.75) is 26.7 Å². The van der Waals surface area contributed by atoms with Gasteiger partial charge in [0.1, 0.15) is 0 Å². The first-order chi connectivity index (χ1) is 6.52. The van der Waals surface area contributed by atoms with Crippen molar-refractivity contribution in [3.8, 4) is 0 Å². The lowest BCUT2D eigenvalue weighted by Crippen LogP contribution is -2.04. The first-order valence-corrected chi connectivity index (χ1v) is 4.60. The molecule has 80 valence electrons. The van der Waals surface area contributed by atoms with E-state index in [-0.39, 0.29) is 0 Å². The Morgan fingerprint density at radius 1 is 1.36 bits per heavy atom. The summed E-state index contributed by atoms with van der Waals surface area (Å²) in [6.07, 6.45) is 3.49. The second-order valence-electron chi connectivity index (χ2n) is 3.38. The Bertz CT molecular complexity index is 218. The highest BCUT2D eigenvalue weighted by Crippen LogP contribution is 2.03. The minimum Gasteiger partial charge on any atom is -0.478 e. The molecule has 14 heavy (non-hydrogen) atoms. The smallest absolute Gasteiger partial charge is 0.331 e. The van der Waals surface area contributed by atoms with Crippen molar-refractivity contribution in [3.63, 3.8) is 0 Å². The van der Waals surface area contributed by atoms with Crippen LogP contribution in [0.2, 0.25) is 0 Å². The number of aliphatic carboxylic acids is 1. The summed E-state index contributed by atoms with van der Waals surface area (Å²) < 4.78 is 4.75. The molecule has 0 aromatic carbocycles. The Labute approximate surface area is 83.6 Å². The summed E-state index contributed by atoms with van der Waals surface area (Å²) in [4.78, 5) is 20.8. The number of carbonyl (C=O) groups excluding carboxylic acids is 1. The number of hydrogen-bond acceptors (Lipinski definition) is 3. The van der Waals surface area contributed by atoms with Gasteiger partial charge in [0, 0.05) is 12.2 Å². The van der Waals surface area contributed by atoms with Crippen LogP contribution in [0.1, 0.15) is 26.7 Å². The quantitative estimate of drug-likeness (QED) is 0.402. The number of carboxylic acids is 1. The predicted octanol–water partition coefficient (Wildman–Crippen LogP) is 1.61. The summed E-state index contributed by atoms with van der Waals surface area (Å²) in [5, 5.41) is 8.21. The molecule has 1 N–H and O–H groups in total. The van der Waals surface area contributed by atoms with Crippen molar-refractivity contribution in [1.29, 1.82) is 0 Å². The third kappa shape index (κ3) is 8.77. The van der Waals surface area contributed by atoms with Crippen molar-refractivity contribution >= 4 is 11.9 Å². The number of esters is 1. The first kappa shape index (κ1) is 12.7. The van der Waals surface area contributed by atoms with Crippen LogP contribution in [0.4, 0.5) is 0 Å². The zero-order chi connectivity index (χ0) is 11.0. The van der Waals surface area contributed by atoms with Crippen LogP contribution >= 0.6 is 0 Å². The van der Waals surface area contributed by atoms with Crippen molar-refractivity contribution < 1.29 is 19.4 Å². The van der Waals surface area contributed by atoms with Crippen molar-refractivity contribution in [3.05, 3.63) is 12.2 Å². The number of rotatable bonds is 6. The minimum atomic E-state index is -1.15. The molecule has 0 atom stereocenters. The van der Waals surface area contributed by atoms with Gasteiger partial charge in [-0.2, -0.15) is 0 Å². The topological polar surface area (TPSA) is 63.6 Å². The highest BCUT2D eigenvalue weighted by molar-refractivity contribution is 5.90. The Morgan fingerprint density at radius 3 is 2.50 bits per heavy atom. The highest BCUT2D eigenvalue weighted by Gasteiger charge is 1.99. The van der Waals surface area contributed by atoms with Gasteiger partial charge in [-0.3, -0.25) is 0 Å². The van der Waals surface area contributed by atoms with E-state index in [1.54, 1.807) is 0 Å². The Hall–Kier alpha value is -1.32. The van der Waals surface area contributed by atoms with E-state index in [1.165, 1.54) is 0 Å². The van der Waals surface area contributed by atoms with E-state index < -0.39 is 11.9 Å². The Balaban J connectivity index is 3.50. The van der Waals surface area contributed by atoms with Gasteiger partial charge >= 0.3 is 11.9 Å². The molecule has 0 saturated carbocycles. The van der Waals surface area contributed by atoms with Gasteiger partial charge in [-0.05, 0) is 18.8 Å². The summed E-state index contributed by atoms with van der Waals surface area (Å²) in [7, 11) is 0. The molecule has 0 heterocycles. The molecule has 0 aromatic rings. The molecule has 0 bridgehead atoms. The van der Waals surface area contributed by atoms with Crippen molar-refractivity contribution in [2.75, 3.05) is 6.61 Å². The van der Waals surface area contributed by atoms with Crippen LogP contribution in [0.3, 0.4) is 0 Å². The van der Waals surface area contributed by atoms with Crippen LogP contribution in [-0.2, 0) is 14.3 Å². The molecule has 0 radical (unpaired) electrons. The van der Waals surface area contributed by atoms with Gasteiger partial charge < -0.3 is 9.84 Å². The van der Waals surface area contributed by atoms with Crippen molar-refractivity contribution in [2.24, 2.45) is 5.92 Å². The molecule has 0 fully saturated rings. The van der Waals surface area contributed by atoms with Gasteiger partial charge in [0.05, 0.1) is 6.61 Å². The standard InChI is InChI=1S/C10H16O4/c1-8(2)4-3-7-14-10(13)6-5-9(11)12/h5-6,8H,3-4,7H2,1-2H3,(H,11,12). The molecule has 0 amide bonds. The first-order valence-electron chi connectivity index (χ1n) is 4.60. The SMILES string of the molecule is CC(C)CCCOC(=O)C=CC(=O)O. The fourth-order valence-corrected chi connectivity index (χ4v) is 0.852. The van der Waals surface area contributed by atoms with E-state index in [0.29, 0.717) is 12.5 Å². The molecule has 0 rings (SSSR count). The lowest BCUT2D eigenvalue weighted by Gasteiger charge is -2.03. The lowest BCUT2D eigenvalue weighted by molar-refractivity contribution is -0.138. The highest BCUT2D eigenvalue weighted by atomic mass is 16.5. The molecular formula is C10H16O4. The monoisotopic (exact) mass is 200 g/mol. The zero-order valence-electron chi connectivity index (χ0n) is 8.53. The van der Waals surface area contributed by atoms with E-state index in [9.17, 15) is 9.59 Å². The largest absolute Gasteiger partial charge is 0.478 e. The predicted molar refractivity (Wildman–Crippen MR) is 51.8 cm³/mol. The number of carboxylic acid groups (broad SMARTS) is 1. The van der Waals surface area contributed by atoms with Gasteiger partial charge in [0.15, 0.2) is 0 Å². The molecule has 0 unspecified atom stereocenters. The molecule has 4 heteroatoms. The van der Waals surface area contributed by atoms with Crippen LogP contribution in [0, 0.1) is 5.92 Å². The summed E-state index contributed by atoms with van der Waals surface area (Å²) in [6.45, 7) is 4.53. The average Bonchev–Trinajstić information content (AvgIpc) is 2.08. The molecule has 0 aliphatic rings. The van der Waals surface area contributed by atoms with Gasteiger partial charge in [-0.25, -0.2) is 9.59 Å². The van der Waals surface area contributed by atoms with Crippen molar-refractivity contribution in [1.82, 2.24) is 0 Å². The Morgan fingerprint density at radius 2 is 2.00 bits per heavy atom. The third-order valence-electron chi connectivity index (χ3n) is 1.53. The minimum absolute atomic E-state index is 0.348. The van der Waals surface area contributed by atoms with E-state index in [1.807, 2.05) is 0 Å². The lowest BCUT2D eigenvalue weighted by atomic mass is 10.1. The normalized spacial score (nSPS) is 10.8. The van der Waals surface area contributed by atoms with Crippen LogP contribution in [0.25, 0.3) is 0 Å². The molecule has 0 saturated heterocycles. The fraction of sp³-hybridized carbons (Fsp3) is 0.600. The average molecular weight is 200 g/mol. The molecule has 0 aliphatic carbocycles. The third-order valence-corrected chi connectivity index (χ3v) is 1.53. The van der Waals surface area contributed by atoms with E-state index in [0.717, 1.165) is 25.0 Å². The molecule has 4 nitrogen and oxygen atoms in total. The number of ether oxygens (including phenoxy) is 1. The second-order valence-corrected chi connectivity index (χ2v) is 3.38. The van der Waals surface area contributed by atoms with E-state index in [4.69, 9.17) is 9.84 Å². The maximum Gasteiger partial charge on any atom is 0.331 e. The number of hydrogen-bond donors (Lipinski definition) is 1. The van der Waals surface area contributed by atoms with Gasteiger partial charge in [-0.15, -0.1) is 0 Å². The fourth-order valence-electron chi connectivity index (χ4n) is 0.852. The summed E-state index contributed by atoms with van der Waals surface area (Å²) in [5.74, 6) is -1.16. The van der Waals surface area contributed by atoms with Gasteiger partial charge in [0.2, 0.25) is 0 Å². The second kappa shape index (κ2) is 7.12. The van der Waals surface area contributed by atoms with E-state index in [2.05, 4.69) is 13.8 Å². The van der Waals surface area contributed by atoms with Crippen LogP contribution in [0.15, 0.2) is 12.2 Å². The summed E-state index contributed by atoms with van der Waals surface area (Å²) in [6, 6.07) is 0. The zero-order valence-corrected chi connectivity index (χ0v) is 8.53. The number of carbonyl (C=O) groups is 2. The molecular weight excluding hydrogens is 184 g/mol. The summed E-state index contributed by atoms with van der Waals surface area (Å²) in [5.41, 5.74) is 0. The maximum absolute atomic E-state index is 10.8. The molecule has 0 aromatic heterocycles. The Kier molecular flexibility index (Phi) is 6.45. The van der Waals surface area contributed by atoms with Gasteiger partial charge in [-0.1, -0.05) is 13.8 Å².